The van der Waals surface area contributed by atoms with Crippen molar-refractivity contribution in [1.82, 2.24) is 9.88 Å². The van der Waals surface area contributed by atoms with Crippen LogP contribution in [-0.2, 0) is 6.54 Å². The fourth-order valence-corrected chi connectivity index (χ4v) is 2.42. The number of hydrogen-bond donors (Lipinski definition) is 2. The first kappa shape index (κ1) is 12.7. The summed E-state index contributed by atoms with van der Waals surface area (Å²) in [5.74, 6) is 0. The molecule has 1 aliphatic rings. The van der Waals surface area contributed by atoms with Crippen LogP contribution in [0.1, 0.15) is 17.7 Å². The summed E-state index contributed by atoms with van der Waals surface area (Å²) in [6, 6.07) is 0. The van der Waals surface area contributed by atoms with E-state index in [1.54, 1.807) is 11.3 Å². The molecule has 0 unspecified atom stereocenters. The van der Waals surface area contributed by atoms with Crippen LogP contribution >= 0.6 is 23.7 Å². The molecule has 86 valence electrons. The number of nitrogens with zero attached hydrogens (tertiary/aromatic N) is 2. The van der Waals surface area contributed by atoms with E-state index in [1.165, 1.54) is 4.88 Å². The number of thiazole rings is 1. The molecule has 0 aliphatic carbocycles. The number of rotatable bonds is 2. The number of nitrogen functional groups attached to an aromatic ring is 1. The van der Waals surface area contributed by atoms with Gasteiger partial charge in [-0.2, -0.15) is 0 Å². The van der Waals surface area contributed by atoms with Crippen molar-refractivity contribution in [2.45, 2.75) is 25.5 Å². The fraction of sp³-hybridized carbons (Fsp3) is 0.667. The van der Waals surface area contributed by atoms with Crippen LogP contribution in [0.2, 0.25) is 0 Å². The Balaban J connectivity index is 0.00000112. The third kappa shape index (κ3) is 3.61. The van der Waals surface area contributed by atoms with Gasteiger partial charge in [0.15, 0.2) is 5.13 Å². The molecule has 6 heteroatoms. The Kier molecular flexibility index (Phi) is 4.79. The van der Waals surface area contributed by atoms with Gasteiger partial charge in [0, 0.05) is 30.7 Å². The van der Waals surface area contributed by atoms with E-state index in [-0.39, 0.29) is 18.5 Å². The Labute approximate surface area is 99.5 Å². The van der Waals surface area contributed by atoms with Gasteiger partial charge in [0.1, 0.15) is 0 Å². The van der Waals surface area contributed by atoms with Crippen molar-refractivity contribution in [3.05, 3.63) is 11.1 Å². The zero-order valence-corrected chi connectivity index (χ0v) is 10.1. The van der Waals surface area contributed by atoms with Crippen molar-refractivity contribution in [2.24, 2.45) is 0 Å². The minimum absolute atomic E-state index is 0. The molecular formula is C9H16ClN3OS. The molecule has 4 nitrogen and oxygen atoms in total. The van der Waals surface area contributed by atoms with Crippen LogP contribution in [0.5, 0.6) is 0 Å². The lowest BCUT2D eigenvalue weighted by atomic mass is 10.1. The number of nitrogens with two attached hydrogens (primary N) is 1. The molecule has 1 aromatic heterocycles. The summed E-state index contributed by atoms with van der Waals surface area (Å²) in [7, 11) is 0. The SMILES string of the molecule is Cl.Nc1ncc(CN2CCC(O)CC2)s1. The molecule has 1 fully saturated rings. The molecule has 2 heterocycles. The molecule has 0 spiro atoms. The van der Waals surface area contributed by atoms with Crippen LogP contribution in [0.15, 0.2) is 6.20 Å². The predicted octanol–water partition coefficient (Wildman–Crippen LogP) is 1.10. The summed E-state index contributed by atoms with van der Waals surface area (Å²) in [5, 5.41) is 9.98. The van der Waals surface area contributed by atoms with E-state index in [9.17, 15) is 5.11 Å². The highest BCUT2D eigenvalue weighted by atomic mass is 35.5. The Bertz CT molecular complexity index is 299. The predicted molar refractivity (Wildman–Crippen MR) is 64.3 cm³/mol. The molecule has 1 saturated heterocycles. The topological polar surface area (TPSA) is 62.4 Å². The van der Waals surface area contributed by atoms with Gasteiger partial charge in [-0.25, -0.2) is 4.98 Å². The third-order valence-electron chi connectivity index (χ3n) is 2.51. The molecule has 0 amide bonds. The van der Waals surface area contributed by atoms with Crippen LogP contribution < -0.4 is 5.73 Å². The van der Waals surface area contributed by atoms with Crippen molar-refractivity contribution in [1.29, 1.82) is 0 Å². The zero-order valence-electron chi connectivity index (χ0n) is 8.43. The summed E-state index contributed by atoms with van der Waals surface area (Å²) in [6.07, 6.45) is 3.51. The average Bonchev–Trinajstić information content (AvgIpc) is 2.56. The highest BCUT2D eigenvalue weighted by molar-refractivity contribution is 7.15. The molecule has 2 rings (SSSR count). The zero-order chi connectivity index (χ0) is 9.97. The van der Waals surface area contributed by atoms with Crippen molar-refractivity contribution in [3.63, 3.8) is 0 Å². The number of aliphatic hydroxyl groups excluding tert-OH is 1. The van der Waals surface area contributed by atoms with Crippen molar-refractivity contribution < 1.29 is 5.11 Å². The molecule has 0 saturated carbocycles. The van der Waals surface area contributed by atoms with Gasteiger partial charge in [0.25, 0.3) is 0 Å². The third-order valence-corrected chi connectivity index (χ3v) is 3.32. The molecule has 0 radical (unpaired) electrons. The molecule has 0 aromatic carbocycles. The van der Waals surface area contributed by atoms with E-state index >= 15 is 0 Å². The lowest BCUT2D eigenvalue weighted by Gasteiger charge is -2.28. The first-order valence-corrected chi connectivity index (χ1v) is 5.66. The summed E-state index contributed by atoms with van der Waals surface area (Å²) >= 11 is 1.54. The largest absolute Gasteiger partial charge is 0.393 e. The van der Waals surface area contributed by atoms with Crippen molar-refractivity contribution in [3.8, 4) is 0 Å². The number of hydrogen-bond acceptors (Lipinski definition) is 5. The van der Waals surface area contributed by atoms with Gasteiger partial charge in [-0.15, -0.1) is 23.7 Å². The molecule has 1 aliphatic heterocycles. The van der Waals surface area contributed by atoms with Crippen LogP contribution in [0.3, 0.4) is 0 Å². The quantitative estimate of drug-likeness (QED) is 0.824. The van der Waals surface area contributed by atoms with Gasteiger partial charge in [-0.05, 0) is 12.8 Å². The van der Waals surface area contributed by atoms with Gasteiger partial charge in [0.05, 0.1) is 6.10 Å². The molecule has 3 N–H and O–H groups in total. The lowest BCUT2D eigenvalue weighted by molar-refractivity contribution is 0.0797. The van der Waals surface area contributed by atoms with Gasteiger partial charge < -0.3 is 10.8 Å². The second kappa shape index (κ2) is 5.65. The van der Waals surface area contributed by atoms with E-state index in [0.29, 0.717) is 5.13 Å². The highest BCUT2D eigenvalue weighted by Crippen LogP contribution is 2.19. The van der Waals surface area contributed by atoms with Crippen LogP contribution in [0.25, 0.3) is 0 Å². The van der Waals surface area contributed by atoms with Crippen molar-refractivity contribution >= 4 is 28.9 Å². The highest BCUT2D eigenvalue weighted by Gasteiger charge is 2.17. The summed E-state index contributed by atoms with van der Waals surface area (Å²) in [4.78, 5) is 7.56. The van der Waals surface area contributed by atoms with E-state index in [4.69, 9.17) is 5.73 Å². The van der Waals surface area contributed by atoms with Gasteiger partial charge in [-0.3, -0.25) is 4.90 Å². The normalized spacial score (nSPS) is 18.7. The van der Waals surface area contributed by atoms with E-state index in [1.807, 2.05) is 6.20 Å². The minimum atomic E-state index is -0.0993. The minimum Gasteiger partial charge on any atom is -0.393 e. The Morgan fingerprint density at radius 1 is 1.53 bits per heavy atom. The lowest BCUT2D eigenvalue weighted by Crippen LogP contribution is -2.35. The second-order valence-corrected chi connectivity index (χ2v) is 4.82. The molecular weight excluding hydrogens is 234 g/mol. The van der Waals surface area contributed by atoms with Crippen LogP contribution in [0, 0.1) is 0 Å². The molecule has 0 atom stereocenters. The van der Waals surface area contributed by atoms with Gasteiger partial charge in [-0.1, -0.05) is 0 Å². The van der Waals surface area contributed by atoms with Crippen LogP contribution in [-0.4, -0.2) is 34.2 Å². The van der Waals surface area contributed by atoms with E-state index in [0.717, 1.165) is 32.5 Å². The number of piperidine rings is 1. The number of aromatic nitrogens is 1. The standard InChI is InChI=1S/C9H15N3OS.ClH/c10-9-11-5-8(14-9)6-12-3-1-7(13)2-4-12;/h5,7,13H,1-4,6H2,(H2,10,11);1H. The summed E-state index contributed by atoms with van der Waals surface area (Å²) in [5.41, 5.74) is 5.55. The monoisotopic (exact) mass is 249 g/mol. The molecule has 1 aromatic rings. The van der Waals surface area contributed by atoms with E-state index in [2.05, 4.69) is 9.88 Å². The average molecular weight is 250 g/mol. The molecule has 15 heavy (non-hydrogen) atoms. The van der Waals surface area contributed by atoms with Gasteiger partial charge >= 0.3 is 0 Å². The van der Waals surface area contributed by atoms with E-state index < -0.39 is 0 Å². The van der Waals surface area contributed by atoms with Crippen molar-refractivity contribution in [2.75, 3.05) is 18.8 Å². The summed E-state index contributed by atoms with van der Waals surface area (Å²) in [6.45, 7) is 2.86. The number of anilines is 1. The number of halogens is 1. The fourth-order valence-electron chi connectivity index (χ4n) is 1.69. The molecule has 0 bridgehead atoms. The Hall–Kier alpha value is -0.360. The van der Waals surface area contributed by atoms with Crippen LogP contribution in [0.4, 0.5) is 5.13 Å². The van der Waals surface area contributed by atoms with Gasteiger partial charge in [0.2, 0.25) is 0 Å². The Morgan fingerprint density at radius 2 is 2.20 bits per heavy atom. The Morgan fingerprint density at radius 3 is 2.73 bits per heavy atom. The maximum Gasteiger partial charge on any atom is 0.180 e. The summed E-state index contributed by atoms with van der Waals surface area (Å²) < 4.78 is 0. The maximum atomic E-state index is 9.34. The number of aliphatic hydroxyl groups is 1. The maximum absolute atomic E-state index is 9.34. The smallest absolute Gasteiger partial charge is 0.180 e. The first-order valence-electron chi connectivity index (χ1n) is 4.84. The number of likely N-dealkylation sites (tertiary alicyclic amines) is 1. The second-order valence-electron chi connectivity index (χ2n) is 3.67. The first-order chi connectivity index (χ1) is 6.74.